The molecule has 2 aromatic carbocycles. The van der Waals surface area contributed by atoms with Crippen LogP contribution in [0.3, 0.4) is 0 Å². The number of carbonyl (C=O) groups excluding carboxylic acids is 1. The van der Waals surface area contributed by atoms with Crippen LogP contribution in [-0.2, 0) is 22.6 Å². The molecule has 5 nitrogen and oxygen atoms in total. The Morgan fingerprint density at radius 1 is 0.931 bits per heavy atom. The molecule has 3 rings (SSSR count). The van der Waals surface area contributed by atoms with Gasteiger partial charge in [-0.1, -0.05) is 66.7 Å². The maximum atomic E-state index is 11.0. The maximum absolute atomic E-state index is 11.0. The third-order valence-electron chi connectivity index (χ3n) is 4.47. The number of H-pyrrole nitrogens is 1. The van der Waals surface area contributed by atoms with Crippen LogP contribution in [0.4, 0.5) is 4.79 Å². The summed E-state index contributed by atoms with van der Waals surface area (Å²) in [6.07, 6.45) is 3.17. The zero-order valence-corrected chi connectivity index (χ0v) is 16.6. The molecule has 1 aromatic heterocycles. The molecule has 0 amide bonds. The molecule has 0 aliphatic heterocycles. The Bertz CT molecular complexity index is 904. The first kappa shape index (κ1) is 20.4. The number of methoxy groups -OCH3 is 1. The highest BCUT2D eigenvalue weighted by atomic mass is 16.7. The summed E-state index contributed by atoms with van der Waals surface area (Å²) in [5, 5.41) is 0. The maximum Gasteiger partial charge on any atom is 0.508 e. The predicted molar refractivity (Wildman–Crippen MR) is 114 cm³/mol. The lowest BCUT2D eigenvalue weighted by Gasteiger charge is -2.20. The second-order valence-corrected chi connectivity index (χ2v) is 6.66. The number of ether oxygens (including phenoxy) is 2. The first-order valence-corrected chi connectivity index (χ1v) is 9.60. The second kappa shape index (κ2) is 10.9. The number of hydrogen-bond donors (Lipinski definition) is 1. The van der Waals surface area contributed by atoms with Gasteiger partial charge in [-0.25, -0.2) is 4.79 Å². The minimum absolute atomic E-state index is 0.201. The van der Waals surface area contributed by atoms with Crippen molar-refractivity contribution in [3.63, 3.8) is 0 Å². The van der Waals surface area contributed by atoms with Crippen molar-refractivity contribution in [2.75, 3.05) is 20.3 Å². The molecule has 0 aliphatic rings. The van der Waals surface area contributed by atoms with Crippen molar-refractivity contribution in [1.29, 1.82) is 0 Å². The number of nitrogens with one attached hydrogen (secondary N) is 1. The molecule has 0 saturated heterocycles. The molecule has 0 fully saturated rings. The van der Waals surface area contributed by atoms with Gasteiger partial charge >= 0.3 is 6.16 Å². The molecule has 29 heavy (non-hydrogen) atoms. The lowest BCUT2D eigenvalue weighted by molar-refractivity contribution is 0.0817. The zero-order valence-electron chi connectivity index (χ0n) is 16.6. The van der Waals surface area contributed by atoms with Crippen molar-refractivity contribution in [2.45, 2.75) is 13.1 Å². The molecule has 0 unspecified atom stereocenters. The van der Waals surface area contributed by atoms with Gasteiger partial charge < -0.3 is 14.5 Å². The predicted octanol–water partition coefficient (Wildman–Crippen LogP) is 5.02. The SMILES string of the molecule is COC(=O)OC/C=C\CN(Cc1ccccc1)Cc1ccc(-c2ccccc2)[nH]1. The lowest BCUT2D eigenvalue weighted by Crippen LogP contribution is -2.23. The summed E-state index contributed by atoms with van der Waals surface area (Å²) in [6, 6.07) is 24.9. The molecular formula is C24H26N2O3. The number of aromatic nitrogens is 1. The standard InChI is InChI=1S/C24H26N2O3/c1-28-24(27)29-17-9-8-16-26(18-20-10-4-2-5-11-20)19-22-14-15-23(25-22)21-12-6-3-7-13-21/h2-15,25H,16-19H2,1H3/b9-8-. The smallest absolute Gasteiger partial charge is 0.438 e. The summed E-state index contributed by atoms with van der Waals surface area (Å²) < 4.78 is 9.35. The van der Waals surface area contributed by atoms with Crippen LogP contribution in [0.15, 0.2) is 84.9 Å². The Labute approximate surface area is 171 Å². The van der Waals surface area contributed by atoms with E-state index in [4.69, 9.17) is 4.74 Å². The minimum Gasteiger partial charge on any atom is -0.438 e. The Morgan fingerprint density at radius 2 is 1.66 bits per heavy atom. The van der Waals surface area contributed by atoms with E-state index in [0.29, 0.717) is 0 Å². The molecule has 0 radical (unpaired) electrons. The molecule has 5 heteroatoms. The third-order valence-corrected chi connectivity index (χ3v) is 4.47. The number of hydrogen-bond acceptors (Lipinski definition) is 4. The van der Waals surface area contributed by atoms with Gasteiger partial charge in [0.15, 0.2) is 0 Å². The fourth-order valence-electron chi connectivity index (χ4n) is 3.05. The summed E-state index contributed by atoms with van der Waals surface area (Å²) >= 11 is 0. The Hall–Kier alpha value is -3.31. The van der Waals surface area contributed by atoms with E-state index in [-0.39, 0.29) is 6.61 Å². The van der Waals surface area contributed by atoms with Crippen molar-refractivity contribution in [2.24, 2.45) is 0 Å². The van der Waals surface area contributed by atoms with E-state index in [0.717, 1.165) is 31.0 Å². The zero-order chi connectivity index (χ0) is 20.3. The van der Waals surface area contributed by atoms with Gasteiger partial charge in [-0.05, 0) is 29.3 Å². The quantitative estimate of drug-likeness (QED) is 0.412. The topological polar surface area (TPSA) is 54.6 Å². The molecule has 0 spiro atoms. The highest BCUT2D eigenvalue weighted by molar-refractivity contribution is 5.60. The van der Waals surface area contributed by atoms with Crippen LogP contribution in [0, 0.1) is 0 Å². The summed E-state index contributed by atoms with van der Waals surface area (Å²) in [5.74, 6) is 0. The third kappa shape index (κ3) is 6.66. The summed E-state index contributed by atoms with van der Waals surface area (Å²) in [5.41, 5.74) is 4.69. The molecule has 0 aliphatic carbocycles. The average Bonchev–Trinajstić information content (AvgIpc) is 3.23. The number of rotatable bonds is 9. The van der Waals surface area contributed by atoms with Crippen LogP contribution in [0.25, 0.3) is 11.3 Å². The normalized spacial score (nSPS) is 11.1. The van der Waals surface area contributed by atoms with Gasteiger partial charge in [-0.15, -0.1) is 0 Å². The molecule has 1 heterocycles. The first-order chi connectivity index (χ1) is 14.2. The lowest BCUT2D eigenvalue weighted by atomic mass is 10.2. The first-order valence-electron chi connectivity index (χ1n) is 9.60. The fourth-order valence-corrected chi connectivity index (χ4v) is 3.05. The highest BCUT2D eigenvalue weighted by Gasteiger charge is 2.08. The number of nitrogens with zero attached hydrogens (tertiary/aromatic N) is 1. The molecule has 0 bridgehead atoms. The van der Waals surface area contributed by atoms with Crippen LogP contribution in [0.1, 0.15) is 11.3 Å². The Morgan fingerprint density at radius 3 is 2.38 bits per heavy atom. The van der Waals surface area contributed by atoms with Gasteiger partial charge in [-0.2, -0.15) is 0 Å². The molecule has 1 N–H and O–H groups in total. The van der Waals surface area contributed by atoms with Crippen molar-refractivity contribution >= 4 is 6.16 Å². The number of benzene rings is 2. The monoisotopic (exact) mass is 390 g/mol. The second-order valence-electron chi connectivity index (χ2n) is 6.66. The van der Waals surface area contributed by atoms with Crippen LogP contribution in [-0.4, -0.2) is 36.3 Å². The molecule has 0 saturated carbocycles. The van der Waals surface area contributed by atoms with Crippen LogP contribution in [0.2, 0.25) is 0 Å². The van der Waals surface area contributed by atoms with Crippen LogP contribution in [0.5, 0.6) is 0 Å². The molecule has 0 atom stereocenters. The van der Waals surface area contributed by atoms with E-state index in [1.165, 1.54) is 18.2 Å². The number of carbonyl (C=O) groups is 1. The van der Waals surface area contributed by atoms with Gasteiger partial charge in [0, 0.05) is 31.0 Å². The van der Waals surface area contributed by atoms with Crippen molar-refractivity contribution in [3.8, 4) is 11.3 Å². The van der Waals surface area contributed by atoms with Crippen molar-refractivity contribution < 1.29 is 14.3 Å². The van der Waals surface area contributed by atoms with E-state index in [2.05, 4.69) is 63.2 Å². The van der Waals surface area contributed by atoms with Gasteiger partial charge in [0.1, 0.15) is 6.61 Å². The van der Waals surface area contributed by atoms with E-state index in [1.807, 2.05) is 36.4 Å². The summed E-state index contributed by atoms with van der Waals surface area (Å²) in [7, 11) is 1.30. The average molecular weight is 390 g/mol. The largest absolute Gasteiger partial charge is 0.508 e. The summed E-state index contributed by atoms with van der Waals surface area (Å²) in [4.78, 5) is 16.9. The minimum atomic E-state index is -0.671. The van der Waals surface area contributed by atoms with Crippen LogP contribution >= 0.6 is 0 Å². The molecule has 3 aromatic rings. The van der Waals surface area contributed by atoms with Crippen molar-refractivity contribution in [1.82, 2.24) is 9.88 Å². The molecular weight excluding hydrogens is 364 g/mol. The van der Waals surface area contributed by atoms with Gasteiger partial charge in [0.25, 0.3) is 0 Å². The van der Waals surface area contributed by atoms with Crippen molar-refractivity contribution in [3.05, 3.63) is 96.2 Å². The Kier molecular flexibility index (Phi) is 7.66. The van der Waals surface area contributed by atoms with E-state index in [1.54, 1.807) is 0 Å². The molecule has 150 valence electrons. The fraction of sp³-hybridized carbons (Fsp3) is 0.208. The number of aromatic amines is 1. The van der Waals surface area contributed by atoms with Crippen LogP contribution < -0.4 is 0 Å². The van der Waals surface area contributed by atoms with Gasteiger partial charge in [0.05, 0.1) is 7.11 Å². The van der Waals surface area contributed by atoms with E-state index < -0.39 is 6.16 Å². The Balaban J connectivity index is 1.64. The van der Waals surface area contributed by atoms with Gasteiger partial charge in [0.2, 0.25) is 0 Å². The van der Waals surface area contributed by atoms with E-state index in [9.17, 15) is 4.79 Å². The van der Waals surface area contributed by atoms with E-state index >= 15 is 0 Å². The summed E-state index contributed by atoms with van der Waals surface area (Å²) in [6.45, 7) is 2.54. The van der Waals surface area contributed by atoms with Gasteiger partial charge in [-0.3, -0.25) is 4.90 Å². The highest BCUT2D eigenvalue weighted by Crippen LogP contribution is 2.19.